The standard InChI is InChI=1S/C18H20N4.C8H5NO2/c1-12-20-9-10-22(12)11-13-7-8-16-17(18(13)19)14-5-3-4-6-15(14)21(16)2;9-5-6-2-1-3-7(4-6)8(10)11/h3-6,9-10,13,19H,7-8,11H2,1-2H3;1-4H,(H,10,11). The van der Waals surface area contributed by atoms with Gasteiger partial charge in [0.05, 0.1) is 17.2 Å². The number of rotatable bonds is 3. The molecule has 2 aromatic carbocycles. The van der Waals surface area contributed by atoms with Gasteiger partial charge in [0.2, 0.25) is 0 Å². The fourth-order valence-corrected chi connectivity index (χ4v) is 4.44. The molecule has 0 radical (unpaired) electrons. The molecule has 2 aromatic heterocycles. The molecule has 4 aromatic rings. The van der Waals surface area contributed by atoms with E-state index in [-0.39, 0.29) is 11.5 Å². The normalized spacial score (nSPS) is 14.8. The Hall–Kier alpha value is -4.18. The van der Waals surface area contributed by atoms with Gasteiger partial charge in [0.15, 0.2) is 0 Å². The van der Waals surface area contributed by atoms with Gasteiger partial charge in [-0.2, -0.15) is 5.26 Å². The number of nitriles is 1. The predicted octanol–water partition coefficient (Wildman–Crippen LogP) is 4.57. The van der Waals surface area contributed by atoms with Crippen molar-refractivity contribution in [3.05, 3.63) is 89.1 Å². The molecule has 0 spiro atoms. The Morgan fingerprint density at radius 1 is 1.27 bits per heavy atom. The first-order valence-corrected chi connectivity index (χ1v) is 10.8. The topological polar surface area (TPSA) is 108 Å². The van der Waals surface area contributed by atoms with Crippen LogP contribution in [0.1, 0.15) is 39.4 Å². The number of carboxylic acids is 1. The molecule has 0 aliphatic heterocycles. The molecule has 0 amide bonds. The van der Waals surface area contributed by atoms with Crippen LogP contribution in [0.4, 0.5) is 0 Å². The zero-order valence-electron chi connectivity index (χ0n) is 18.6. The minimum atomic E-state index is -1.01. The lowest BCUT2D eigenvalue weighted by Gasteiger charge is -2.25. The summed E-state index contributed by atoms with van der Waals surface area (Å²) in [5.74, 6) is 0.282. The number of nitrogens with zero attached hydrogens (tertiary/aromatic N) is 4. The molecule has 1 aliphatic rings. The number of para-hydroxylation sites is 1. The summed E-state index contributed by atoms with van der Waals surface area (Å²) in [6.07, 6.45) is 5.93. The van der Waals surface area contributed by atoms with Crippen LogP contribution in [0.2, 0.25) is 0 Å². The van der Waals surface area contributed by atoms with Crippen molar-refractivity contribution in [3.8, 4) is 6.07 Å². The molecule has 1 aliphatic carbocycles. The average molecular weight is 440 g/mol. The number of aromatic nitrogens is 3. The Balaban J connectivity index is 0.000000200. The second-order valence-electron chi connectivity index (χ2n) is 8.17. The second-order valence-corrected chi connectivity index (χ2v) is 8.17. The number of carbonyl (C=O) groups is 1. The van der Waals surface area contributed by atoms with E-state index in [1.165, 1.54) is 28.7 Å². The quantitative estimate of drug-likeness (QED) is 0.487. The molecule has 0 fully saturated rings. The van der Waals surface area contributed by atoms with Gasteiger partial charge in [0.1, 0.15) is 5.82 Å². The number of hydrogen-bond donors (Lipinski definition) is 2. The van der Waals surface area contributed by atoms with Gasteiger partial charge in [-0.05, 0) is 44.0 Å². The van der Waals surface area contributed by atoms with Crippen molar-refractivity contribution in [1.29, 1.82) is 10.7 Å². The predicted molar refractivity (Wildman–Crippen MR) is 127 cm³/mol. The Morgan fingerprint density at radius 2 is 2.06 bits per heavy atom. The van der Waals surface area contributed by atoms with E-state index < -0.39 is 5.97 Å². The molecule has 166 valence electrons. The van der Waals surface area contributed by atoms with E-state index in [1.807, 2.05) is 25.4 Å². The van der Waals surface area contributed by atoms with Crippen molar-refractivity contribution >= 4 is 22.6 Å². The molecule has 0 saturated heterocycles. The fraction of sp³-hybridized carbons (Fsp3) is 0.231. The third kappa shape index (κ3) is 4.28. The summed E-state index contributed by atoms with van der Waals surface area (Å²) >= 11 is 0. The maximum Gasteiger partial charge on any atom is 0.335 e. The van der Waals surface area contributed by atoms with Gasteiger partial charge >= 0.3 is 5.97 Å². The summed E-state index contributed by atoms with van der Waals surface area (Å²) in [4.78, 5) is 14.7. The highest BCUT2D eigenvalue weighted by atomic mass is 16.4. The average Bonchev–Trinajstić information content (AvgIpc) is 3.37. The number of benzene rings is 2. The highest BCUT2D eigenvalue weighted by Gasteiger charge is 2.29. The minimum absolute atomic E-state index is 0.143. The van der Waals surface area contributed by atoms with Crippen LogP contribution in [0.5, 0.6) is 0 Å². The summed E-state index contributed by atoms with van der Waals surface area (Å²) in [6, 6.07) is 16.2. The lowest BCUT2D eigenvalue weighted by Crippen LogP contribution is -2.27. The number of carboxylic acid groups (broad SMARTS) is 1. The molecule has 1 atom stereocenters. The maximum atomic E-state index is 10.4. The molecule has 0 saturated carbocycles. The molecule has 0 bridgehead atoms. The summed E-state index contributed by atoms with van der Waals surface area (Å²) in [6.45, 7) is 2.88. The highest BCUT2D eigenvalue weighted by molar-refractivity contribution is 6.12. The first-order chi connectivity index (χ1) is 15.9. The number of aryl methyl sites for hydroxylation is 2. The van der Waals surface area contributed by atoms with Crippen molar-refractivity contribution in [2.45, 2.75) is 26.3 Å². The molecule has 5 rings (SSSR count). The molecular weight excluding hydrogens is 414 g/mol. The zero-order chi connectivity index (χ0) is 23.5. The van der Waals surface area contributed by atoms with Gasteiger partial charge in [0, 0.05) is 59.8 Å². The van der Waals surface area contributed by atoms with E-state index in [0.717, 1.165) is 36.5 Å². The number of aromatic carboxylic acids is 1. The van der Waals surface area contributed by atoms with Crippen molar-refractivity contribution in [2.75, 3.05) is 0 Å². The van der Waals surface area contributed by atoms with Gasteiger partial charge in [-0.15, -0.1) is 0 Å². The SMILES string of the molecule is Cc1nccn1CC1CCc2c(c3ccccc3n2C)C1=N.N#Cc1cccc(C(=O)O)c1. The lowest BCUT2D eigenvalue weighted by atomic mass is 9.84. The fourth-order valence-electron chi connectivity index (χ4n) is 4.44. The van der Waals surface area contributed by atoms with E-state index in [4.69, 9.17) is 15.8 Å². The molecule has 1 unspecified atom stereocenters. The molecular formula is C26H25N5O2. The molecule has 7 nitrogen and oxygen atoms in total. The van der Waals surface area contributed by atoms with Crippen molar-refractivity contribution in [3.63, 3.8) is 0 Å². The van der Waals surface area contributed by atoms with Crippen molar-refractivity contribution in [1.82, 2.24) is 14.1 Å². The van der Waals surface area contributed by atoms with Crippen LogP contribution >= 0.6 is 0 Å². The van der Waals surface area contributed by atoms with Crippen LogP contribution in [0, 0.1) is 29.6 Å². The first-order valence-electron chi connectivity index (χ1n) is 10.8. The summed E-state index contributed by atoms with van der Waals surface area (Å²) in [5, 5.41) is 26.9. The monoisotopic (exact) mass is 439 g/mol. The highest BCUT2D eigenvalue weighted by Crippen LogP contribution is 2.34. The molecule has 33 heavy (non-hydrogen) atoms. The number of hydrogen-bond acceptors (Lipinski definition) is 4. The lowest BCUT2D eigenvalue weighted by molar-refractivity contribution is 0.0697. The van der Waals surface area contributed by atoms with Crippen LogP contribution < -0.4 is 0 Å². The van der Waals surface area contributed by atoms with Crippen LogP contribution in [-0.4, -0.2) is 30.9 Å². The van der Waals surface area contributed by atoms with E-state index in [2.05, 4.69) is 45.4 Å². The van der Waals surface area contributed by atoms with E-state index in [0.29, 0.717) is 5.56 Å². The summed E-state index contributed by atoms with van der Waals surface area (Å²) < 4.78 is 4.42. The Kier molecular flexibility index (Phi) is 6.09. The van der Waals surface area contributed by atoms with Gasteiger partial charge < -0.3 is 19.7 Å². The summed E-state index contributed by atoms with van der Waals surface area (Å²) in [7, 11) is 2.12. The van der Waals surface area contributed by atoms with E-state index in [9.17, 15) is 4.79 Å². The van der Waals surface area contributed by atoms with Crippen molar-refractivity contribution in [2.24, 2.45) is 13.0 Å². The van der Waals surface area contributed by atoms with E-state index in [1.54, 1.807) is 12.1 Å². The van der Waals surface area contributed by atoms with Gasteiger partial charge in [-0.1, -0.05) is 24.3 Å². The minimum Gasteiger partial charge on any atom is -0.478 e. The number of nitrogens with one attached hydrogen (secondary N) is 1. The largest absolute Gasteiger partial charge is 0.478 e. The van der Waals surface area contributed by atoms with Crippen molar-refractivity contribution < 1.29 is 9.90 Å². The Bertz CT molecular complexity index is 1390. The van der Waals surface area contributed by atoms with Gasteiger partial charge in [-0.3, -0.25) is 0 Å². The maximum absolute atomic E-state index is 10.4. The van der Waals surface area contributed by atoms with Crippen LogP contribution in [-0.2, 0) is 20.0 Å². The summed E-state index contributed by atoms with van der Waals surface area (Å²) in [5.41, 5.74) is 4.99. The molecule has 2 N–H and O–H groups in total. The Labute approximate surface area is 192 Å². The number of imidazole rings is 1. The Morgan fingerprint density at radius 3 is 2.76 bits per heavy atom. The van der Waals surface area contributed by atoms with Crippen LogP contribution in [0.3, 0.4) is 0 Å². The number of fused-ring (bicyclic) bond motifs is 3. The van der Waals surface area contributed by atoms with E-state index >= 15 is 0 Å². The zero-order valence-corrected chi connectivity index (χ0v) is 18.6. The third-order valence-corrected chi connectivity index (χ3v) is 6.21. The van der Waals surface area contributed by atoms with Gasteiger partial charge in [-0.25, -0.2) is 9.78 Å². The van der Waals surface area contributed by atoms with Crippen LogP contribution in [0.25, 0.3) is 10.9 Å². The third-order valence-electron chi connectivity index (χ3n) is 6.21. The molecule has 7 heteroatoms. The van der Waals surface area contributed by atoms with Gasteiger partial charge in [0.25, 0.3) is 0 Å². The molecule has 2 heterocycles. The van der Waals surface area contributed by atoms with Crippen LogP contribution in [0.15, 0.2) is 60.9 Å². The first kappa shape index (κ1) is 22.0. The smallest absolute Gasteiger partial charge is 0.335 e. The second kappa shape index (κ2) is 9.13.